The number of piperidine rings is 1. The molecule has 2 aromatic rings. The molecular weight excluding hydrogens is 364 g/mol. The summed E-state index contributed by atoms with van der Waals surface area (Å²) in [6.07, 6.45) is 6.25. The fourth-order valence-corrected chi connectivity index (χ4v) is 4.44. The summed E-state index contributed by atoms with van der Waals surface area (Å²) in [7, 11) is 0. The average molecular weight is 393 g/mol. The van der Waals surface area contributed by atoms with Crippen LogP contribution in [0.15, 0.2) is 24.3 Å². The number of rotatable bonds is 4. The van der Waals surface area contributed by atoms with Crippen molar-refractivity contribution in [1.29, 1.82) is 0 Å². The molecule has 0 spiro atoms. The highest BCUT2D eigenvalue weighted by Gasteiger charge is 2.26. The fourth-order valence-electron chi connectivity index (χ4n) is 4.44. The fraction of sp³-hybridized carbons (Fsp3) is 0.478. The molecule has 0 atom stereocenters. The molecule has 0 saturated carbocycles. The molecule has 1 saturated heterocycles. The third kappa shape index (κ3) is 4.16. The Bertz CT molecular complexity index is 932. The SMILES string of the molecule is CC(=O)c1ccccc1C(=O)NC1CCN(c2nc(C)nc3c2CCCC3)CC1. The molecule has 1 aromatic carbocycles. The van der Waals surface area contributed by atoms with Gasteiger partial charge in [-0.1, -0.05) is 18.2 Å². The second-order valence-electron chi connectivity index (χ2n) is 8.06. The number of aryl methyl sites for hydroxylation is 2. The van der Waals surface area contributed by atoms with Gasteiger partial charge in [0.15, 0.2) is 5.78 Å². The van der Waals surface area contributed by atoms with Crippen molar-refractivity contribution >= 4 is 17.5 Å². The lowest BCUT2D eigenvalue weighted by Gasteiger charge is -2.35. The zero-order valence-corrected chi connectivity index (χ0v) is 17.2. The molecule has 29 heavy (non-hydrogen) atoms. The van der Waals surface area contributed by atoms with Gasteiger partial charge in [0.05, 0.1) is 5.56 Å². The Morgan fingerprint density at radius 3 is 2.45 bits per heavy atom. The smallest absolute Gasteiger partial charge is 0.252 e. The summed E-state index contributed by atoms with van der Waals surface area (Å²) in [5.41, 5.74) is 3.48. The number of benzene rings is 1. The van der Waals surface area contributed by atoms with Crippen molar-refractivity contribution in [3.05, 3.63) is 52.5 Å². The molecule has 2 aliphatic rings. The predicted molar refractivity (Wildman–Crippen MR) is 113 cm³/mol. The molecule has 0 bridgehead atoms. The van der Waals surface area contributed by atoms with E-state index >= 15 is 0 Å². The average Bonchev–Trinajstić information content (AvgIpc) is 2.73. The molecule has 0 radical (unpaired) electrons. The molecule has 6 nitrogen and oxygen atoms in total. The lowest BCUT2D eigenvalue weighted by Crippen LogP contribution is -2.45. The highest BCUT2D eigenvalue weighted by atomic mass is 16.2. The Labute approximate surface area is 171 Å². The summed E-state index contributed by atoms with van der Waals surface area (Å²) in [5.74, 6) is 1.69. The van der Waals surface area contributed by atoms with Crippen molar-refractivity contribution in [3.8, 4) is 0 Å². The van der Waals surface area contributed by atoms with Crippen molar-refractivity contribution < 1.29 is 9.59 Å². The van der Waals surface area contributed by atoms with E-state index in [4.69, 9.17) is 4.98 Å². The zero-order chi connectivity index (χ0) is 20.4. The van der Waals surface area contributed by atoms with Crippen molar-refractivity contribution in [2.24, 2.45) is 0 Å². The van der Waals surface area contributed by atoms with Gasteiger partial charge in [0.1, 0.15) is 11.6 Å². The number of hydrogen-bond donors (Lipinski definition) is 1. The van der Waals surface area contributed by atoms with Crippen molar-refractivity contribution in [2.45, 2.75) is 58.4 Å². The Balaban J connectivity index is 1.43. The highest BCUT2D eigenvalue weighted by Crippen LogP contribution is 2.29. The number of ketones is 1. The Kier molecular flexibility index (Phi) is 5.60. The van der Waals surface area contributed by atoms with E-state index in [9.17, 15) is 9.59 Å². The summed E-state index contributed by atoms with van der Waals surface area (Å²) < 4.78 is 0. The van der Waals surface area contributed by atoms with Crippen LogP contribution in [0.25, 0.3) is 0 Å². The number of nitrogens with one attached hydrogen (secondary N) is 1. The third-order valence-corrected chi connectivity index (χ3v) is 5.95. The van der Waals surface area contributed by atoms with Crippen LogP contribution in [-0.2, 0) is 12.8 Å². The van der Waals surface area contributed by atoms with E-state index in [0.29, 0.717) is 11.1 Å². The van der Waals surface area contributed by atoms with Crippen molar-refractivity contribution in [1.82, 2.24) is 15.3 Å². The van der Waals surface area contributed by atoms with E-state index in [1.165, 1.54) is 31.0 Å². The predicted octanol–water partition coefficient (Wildman–Crippen LogP) is 3.27. The van der Waals surface area contributed by atoms with Gasteiger partial charge < -0.3 is 10.2 Å². The first-order valence-electron chi connectivity index (χ1n) is 10.5. The van der Waals surface area contributed by atoms with Gasteiger partial charge in [-0.2, -0.15) is 0 Å². The van der Waals surface area contributed by atoms with Crippen LogP contribution in [0.4, 0.5) is 5.82 Å². The Morgan fingerprint density at radius 2 is 1.72 bits per heavy atom. The van der Waals surface area contributed by atoms with E-state index in [-0.39, 0.29) is 17.7 Å². The van der Waals surface area contributed by atoms with Crippen LogP contribution in [0.3, 0.4) is 0 Å². The minimum atomic E-state index is -0.162. The van der Waals surface area contributed by atoms with Gasteiger partial charge in [0.25, 0.3) is 5.91 Å². The van der Waals surface area contributed by atoms with Gasteiger partial charge in [-0.3, -0.25) is 9.59 Å². The summed E-state index contributed by atoms with van der Waals surface area (Å²) in [4.78, 5) is 36.3. The van der Waals surface area contributed by atoms with Gasteiger partial charge in [-0.05, 0) is 58.4 Å². The summed E-state index contributed by atoms with van der Waals surface area (Å²) in [6, 6.07) is 7.12. The van der Waals surface area contributed by atoms with Gasteiger partial charge in [-0.25, -0.2) is 9.97 Å². The Morgan fingerprint density at radius 1 is 1.03 bits per heavy atom. The van der Waals surface area contributed by atoms with Crippen LogP contribution < -0.4 is 10.2 Å². The van der Waals surface area contributed by atoms with E-state index in [0.717, 1.165) is 50.4 Å². The number of hydrogen-bond acceptors (Lipinski definition) is 5. The molecule has 1 N–H and O–H groups in total. The largest absolute Gasteiger partial charge is 0.356 e. The molecule has 6 heteroatoms. The second kappa shape index (κ2) is 8.31. The first-order chi connectivity index (χ1) is 14.0. The topological polar surface area (TPSA) is 75.2 Å². The van der Waals surface area contributed by atoms with Gasteiger partial charge in [0, 0.05) is 36.0 Å². The van der Waals surface area contributed by atoms with Gasteiger partial charge >= 0.3 is 0 Å². The summed E-state index contributed by atoms with van der Waals surface area (Å²) >= 11 is 0. The molecule has 2 heterocycles. The minimum absolute atomic E-state index is 0.0884. The first kappa shape index (κ1) is 19.6. The van der Waals surface area contributed by atoms with E-state index in [1.807, 2.05) is 6.92 Å². The number of fused-ring (bicyclic) bond motifs is 1. The van der Waals surface area contributed by atoms with E-state index in [2.05, 4.69) is 15.2 Å². The molecule has 1 amide bonds. The molecule has 4 rings (SSSR count). The molecule has 152 valence electrons. The molecule has 0 unspecified atom stereocenters. The maximum atomic E-state index is 12.7. The first-order valence-corrected chi connectivity index (χ1v) is 10.5. The number of Topliss-reactive ketones (excluding diaryl/α,β-unsaturated/α-hetero) is 1. The minimum Gasteiger partial charge on any atom is -0.356 e. The highest BCUT2D eigenvalue weighted by molar-refractivity contribution is 6.07. The number of carbonyl (C=O) groups is 2. The van der Waals surface area contributed by atoms with E-state index in [1.54, 1.807) is 24.3 Å². The number of carbonyl (C=O) groups excluding carboxylic acids is 2. The van der Waals surface area contributed by atoms with Crippen LogP contribution in [-0.4, -0.2) is 40.8 Å². The summed E-state index contributed by atoms with van der Waals surface area (Å²) in [6.45, 7) is 5.19. The maximum absolute atomic E-state index is 12.7. The lowest BCUT2D eigenvalue weighted by molar-refractivity contribution is 0.0919. The lowest BCUT2D eigenvalue weighted by atomic mass is 9.95. The zero-order valence-electron chi connectivity index (χ0n) is 17.2. The molecule has 1 aromatic heterocycles. The van der Waals surface area contributed by atoms with Crippen LogP contribution in [0.1, 0.15) is 70.4 Å². The standard InChI is InChI=1S/C23H28N4O2/c1-15(28)18-7-3-4-8-19(18)23(29)26-17-11-13-27(14-12-17)22-20-9-5-6-10-21(20)24-16(2)25-22/h3-4,7-8,17H,5-6,9-14H2,1-2H3,(H,26,29). The van der Waals surface area contributed by atoms with E-state index < -0.39 is 0 Å². The van der Waals surface area contributed by atoms with Gasteiger partial charge in [-0.15, -0.1) is 0 Å². The number of amides is 1. The van der Waals surface area contributed by atoms with Crippen LogP contribution in [0.5, 0.6) is 0 Å². The normalized spacial score (nSPS) is 17.0. The molecule has 1 aliphatic carbocycles. The summed E-state index contributed by atoms with van der Waals surface area (Å²) in [5, 5.41) is 3.13. The van der Waals surface area contributed by atoms with Crippen LogP contribution in [0.2, 0.25) is 0 Å². The molecule has 1 aliphatic heterocycles. The second-order valence-corrected chi connectivity index (χ2v) is 8.06. The van der Waals surface area contributed by atoms with Crippen LogP contribution in [0, 0.1) is 6.92 Å². The monoisotopic (exact) mass is 392 g/mol. The number of nitrogens with zero attached hydrogens (tertiary/aromatic N) is 3. The maximum Gasteiger partial charge on any atom is 0.252 e. The molecular formula is C23H28N4O2. The van der Waals surface area contributed by atoms with Crippen molar-refractivity contribution in [2.75, 3.05) is 18.0 Å². The third-order valence-electron chi connectivity index (χ3n) is 5.95. The van der Waals surface area contributed by atoms with Gasteiger partial charge in [0.2, 0.25) is 0 Å². The molecule has 1 fully saturated rings. The number of anilines is 1. The van der Waals surface area contributed by atoms with Crippen LogP contribution >= 0.6 is 0 Å². The number of aromatic nitrogens is 2. The van der Waals surface area contributed by atoms with Crippen molar-refractivity contribution in [3.63, 3.8) is 0 Å². The Hall–Kier alpha value is -2.76. The quantitative estimate of drug-likeness (QED) is 0.809.